The minimum absolute atomic E-state index is 0.0196. The number of halogens is 2. The Kier molecular flexibility index (Phi) is 8.70. The molecule has 0 unspecified atom stereocenters. The van der Waals surface area contributed by atoms with Crippen LogP contribution in [0.15, 0.2) is 77.7 Å². The molecule has 1 N–H and O–H groups in total. The molecular weight excluding hydrogens is 505 g/mol. The highest BCUT2D eigenvalue weighted by molar-refractivity contribution is 7.92. The van der Waals surface area contributed by atoms with Crippen LogP contribution in [0.5, 0.6) is 0 Å². The predicted octanol–water partition coefficient (Wildman–Crippen LogP) is 4.15. The first-order valence-corrected chi connectivity index (χ1v) is 12.9. The molecule has 2 amide bonds. The number of amides is 2. The third-order valence-electron chi connectivity index (χ3n) is 5.68. The van der Waals surface area contributed by atoms with E-state index in [1.54, 1.807) is 43.3 Å². The van der Waals surface area contributed by atoms with E-state index in [9.17, 15) is 22.4 Å². The number of rotatable bonds is 9. The van der Waals surface area contributed by atoms with Gasteiger partial charge in [-0.25, -0.2) is 12.8 Å². The van der Waals surface area contributed by atoms with E-state index in [2.05, 4.69) is 5.32 Å². The Balaban J connectivity index is 2.01. The third kappa shape index (κ3) is 6.41. The average molecular weight is 532 g/mol. The number of aryl methyl sites for hydroxylation is 1. The van der Waals surface area contributed by atoms with Gasteiger partial charge in [0.05, 0.1) is 10.6 Å². The molecule has 190 valence electrons. The predicted molar refractivity (Wildman–Crippen MR) is 138 cm³/mol. The first-order chi connectivity index (χ1) is 17.0. The summed E-state index contributed by atoms with van der Waals surface area (Å²) in [6.07, 6.45) is 0. The Morgan fingerprint density at radius 1 is 0.972 bits per heavy atom. The molecule has 3 aromatic rings. The molecule has 1 atom stereocenters. The summed E-state index contributed by atoms with van der Waals surface area (Å²) in [5.41, 5.74) is 1.69. The molecule has 0 bridgehead atoms. The SMILES string of the molecule is CNC(=O)[C@@H](C)N(Cc1ccc(Cl)cc1)C(=O)CN(c1ccc(F)cc1)S(=O)(=O)c1ccc(C)cc1. The van der Waals surface area contributed by atoms with E-state index in [0.717, 1.165) is 22.0 Å². The van der Waals surface area contributed by atoms with E-state index in [-0.39, 0.29) is 17.1 Å². The number of hydrogen-bond donors (Lipinski definition) is 1. The number of carbonyl (C=O) groups excluding carboxylic acids is 2. The van der Waals surface area contributed by atoms with Crippen LogP contribution in [0.3, 0.4) is 0 Å². The number of nitrogens with zero attached hydrogens (tertiary/aromatic N) is 2. The van der Waals surface area contributed by atoms with Gasteiger partial charge < -0.3 is 10.2 Å². The Morgan fingerprint density at radius 2 is 1.56 bits per heavy atom. The van der Waals surface area contributed by atoms with Crippen LogP contribution in [-0.4, -0.2) is 44.8 Å². The first-order valence-electron chi connectivity index (χ1n) is 11.1. The van der Waals surface area contributed by atoms with Crippen LogP contribution in [0.4, 0.5) is 10.1 Å². The number of carbonyl (C=O) groups is 2. The highest BCUT2D eigenvalue weighted by Crippen LogP contribution is 2.25. The molecule has 7 nitrogen and oxygen atoms in total. The van der Waals surface area contributed by atoms with Crippen molar-refractivity contribution in [3.05, 3.63) is 94.8 Å². The normalized spacial score (nSPS) is 12.0. The number of likely N-dealkylation sites (N-methyl/N-ethyl adjacent to an activating group) is 1. The van der Waals surface area contributed by atoms with Crippen LogP contribution in [-0.2, 0) is 26.2 Å². The van der Waals surface area contributed by atoms with Gasteiger partial charge >= 0.3 is 0 Å². The van der Waals surface area contributed by atoms with Crippen LogP contribution < -0.4 is 9.62 Å². The van der Waals surface area contributed by atoms with E-state index in [1.807, 2.05) is 6.92 Å². The van der Waals surface area contributed by atoms with E-state index in [0.29, 0.717) is 10.6 Å². The van der Waals surface area contributed by atoms with Crippen molar-refractivity contribution in [1.29, 1.82) is 0 Å². The lowest BCUT2D eigenvalue weighted by molar-refractivity contribution is -0.139. The lowest BCUT2D eigenvalue weighted by atomic mass is 10.1. The molecule has 10 heteroatoms. The van der Waals surface area contributed by atoms with Crippen molar-refractivity contribution < 1.29 is 22.4 Å². The maximum absolute atomic E-state index is 13.6. The molecule has 0 radical (unpaired) electrons. The van der Waals surface area contributed by atoms with Crippen molar-refractivity contribution >= 4 is 39.1 Å². The number of anilines is 1. The Bertz CT molecular complexity index is 1310. The lowest BCUT2D eigenvalue weighted by Gasteiger charge is -2.31. The van der Waals surface area contributed by atoms with E-state index in [1.165, 1.54) is 36.2 Å². The standard InChI is InChI=1S/C26H27ClFN3O4S/c1-18-4-14-24(15-5-18)36(34,35)31(23-12-10-22(28)11-13-23)17-25(32)30(19(2)26(33)29-3)16-20-6-8-21(27)9-7-20/h4-15,19H,16-17H2,1-3H3,(H,29,33)/t19-/m1/s1. The Hall–Kier alpha value is -3.43. The summed E-state index contributed by atoms with van der Waals surface area (Å²) in [5.74, 6) is -1.57. The van der Waals surface area contributed by atoms with Gasteiger partial charge in [0.15, 0.2) is 0 Å². The average Bonchev–Trinajstić information content (AvgIpc) is 2.86. The maximum atomic E-state index is 13.6. The minimum Gasteiger partial charge on any atom is -0.357 e. The largest absolute Gasteiger partial charge is 0.357 e. The molecule has 0 saturated heterocycles. The number of hydrogen-bond acceptors (Lipinski definition) is 4. The molecular formula is C26H27ClFN3O4S. The highest BCUT2D eigenvalue weighted by Gasteiger charge is 2.32. The van der Waals surface area contributed by atoms with Gasteiger partial charge in [0, 0.05) is 18.6 Å². The molecule has 0 saturated carbocycles. The van der Waals surface area contributed by atoms with Gasteiger partial charge in [-0.3, -0.25) is 13.9 Å². The molecule has 3 rings (SSSR count). The van der Waals surface area contributed by atoms with Gasteiger partial charge in [0.25, 0.3) is 10.0 Å². The van der Waals surface area contributed by atoms with Gasteiger partial charge in [-0.1, -0.05) is 41.4 Å². The fourth-order valence-corrected chi connectivity index (χ4v) is 5.09. The zero-order valence-corrected chi connectivity index (χ0v) is 21.7. The number of sulfonamides is 1. The van der Waals surface area contributed by atoms with Gasteiger partial charge in [0.1, 0.15) is 18.4 Å². The number of benzene rings is 3. The molecule has 0 aliphatic carbocycles. The van der Waals surface area contributed by atoms with Crippen molar-refractivity contribution in [2.45, 2.75) is 31.3 Å². The summed E-state index contributed by atoms with van der Waals surface area (Å²) in [4.78, 5) is 27.3. The molecule has 3 aromatic carbocycles. The maximum Gasteiger partial charge on any atom is 0.264 e. The highest BCUT2D eigenvalue weighted by atomic mass is 35.5. The Labute approximate surface area is 215 Å². The molecule has 0 spiro atoms. The van der Waals surface area contributed by atoms with Gasteiger partial charge in [-0.2, -0.15) is 0 Å². The van der Waals surface area contributed by atoms with Gasteiger partial charge in [-0.15, -0.1) is 0 Å². The monoisotopic (exact) mass is 531 g/mol. The van der Waals surface area contributed by atoms with Crippen molar-refractivity contribution in [1.82, 2.24) is 10.2 Å². The smallest absolute Gasteiger partial charge is 0.264 e. The van der Waals surface area contributed by atoms with Crippen LogP contribution in [0.2, 0.25) is 5.02 Å². The summed E-state index contributed by atoms with van der Waals surface area (Å²) < 4.78 is 41.8. The molecule has 0 heterocycles. The molecule has 0 aliphatic heterocycles. The fraction of sp³-hybridized carbons (Fsp3) is 0.231. The second-order valence-corrected chi connectivity index (χ2v) is 10.5. The van der Waals surface area contributed by atoms with Crippen molar-refractivity contribution in [2.24, 2.45) is 0 Å². The second kappa shape index (κ2) is 11.5. The second-order valence-electron chi connectivity index (χ2n) is 8.24. The van der Waals surface area contributed by atoms with Crippen LogP contribution in [0, 0.1) is 12.7 Å². The number of nitrogens with one attached hydrogen (secondary N) is 1. The van der Waals surface area contributed by atoms with Gasteiger partial charge in [0.2, 0.25) is 11.8 Å². The summed E-state index contributed by atoms with van der Waals surface area (Å²) in [5, 5.41) is 3.04. The minimum atomic E-state index is -4.20. The quantitative estimate of drug-likeness (QED) is 0.449. The topological polar surface area (TPSA) is 86.8 Å². The molecule has 0 aliphatic rings. The third-order valence-corrected chi connectivity index (χ3v) is 7.72. The van der Waals surface area contributed by atoms with Crippen molar-refractivity contribution in [3.8, 4) is 0 Å². The zero-order valence-electron chi connectivity index (χ0n) is 20.1. The summed E-state index contributed by atoms with van der Waals surface area (Å²) >= 11 is 5.97. The summed E-state index contributed by atoms with van der Waals surface area (Å²) in [6.45, 7) is 2.83. The first kappa shape index (κ1) is 27.2. The van der Waals surface area contributed by atoms with E-state index in [4.69, 9.17) is 11.6 Å². The zero-order chi connectivity index (χ0) is 26.5. The molecule has 36 heavy (non-hydrogen) atoms. The fourth-order valence-electron chi connectivity index (χ4n) is 3.55. The van der Waals surface area contributed by atoms with Gasteiger partial charge in [-0.05, 0) is 67.9 Å². The van der Waals surface area contributed by atoms with Crippen LogP contribution in [0.1, 0.15) is 18.1 Å². The van der Waals surface area contributed by atoms with Crippen molar-refractivity contribution in [2.75, 3.05) is 17.9 Å². The molecule has 0 aromatic heterocycles. The lowest BCUT2D eigenvalue weighted by Crippen LogP contribution is -2.50. The summed E-state index contributed by atoms with van der Waals surface area (Å²) in [6, 6.07) is 16.9. The Morgan fingerprint density at radius 3 is 2.11 bits per heavy atom. The van der Waals surface area contributed by atoms with Crippen molar-refractivity contribution in [3.63, 3.8) is 0 Å². The van der Waals surface area contributed by atoms with E-state index >= 15 is 0 Å². The van der Waals surface area contributed by atoms with E-state index < -0.39 is 40.2 Å². The molecule has 0 fully saturated rings. The van der Waals surface area contributed by atoms with Crippen LogP contribution >= 0.6 is 11.6 Å². The summed E-state index contributed by atoms with van der Waals surface area (Å²) in [7, 11) is -2.74. The van der Waals surface area contributed by atoms with Crippen LogP contribution in [0.25, 0.3) is 0 Å².